The lowest BCUT2D eigenvalue weighted by Crippen LogP contribution is -2.50. The van der Waals surface area contributed by atoms with Gasteiger partial charge in [0, 0.05) is 43.9 Å². The second-order valence-electron chi connectivity index (χ2n) is 10.3. The van der Waals surface area contributed by atoms with Crippen LogP contribution in [-0.2, 0) is 0 Å². The van der Waals surface area contributed by atoms with Crippen molar-refractivity contribution in [2.45, 2.75) is 6.04 Å². The van der Waals surface area contributed by atoms with E-state index in [2.05, 4.69) is 53.4 Å². The van der Waals surface area contributed by atoms with E-state index in [0.29, 0.717) is 58.9 Å². The lowest BCUT2D eigenvalue weighted by Gasteiger charge is -2.39. The third-order valence-corrected chi connectivity index (χ3v) is 8.39. The average molecular weight is 613 g/mol. The van der Waals surface area contributed by atoms with E-state index in [9.17, 15) is 14.9 Å². The summed E-state index contributed by atoms with van der Waals surface area (Å²) >= 11 is 12.5. The Balaban J connectivity index is 1.29. The molecule has 1 aliphatic heterocycles. The molecule has 6 rings (SSSR count). The lowest BCUT2D eigenvalue weighted by molar-refractivity contribution is -0.384. The third kappa shape index (κ3) is 6.03. The number of nitrogens with zero attached hydrogens (tertiary/aromatic N) is 5. The molecule has 4 aromatic carbocycles. The quantitative estimate of drug-likeness (QED) is 0.142. The molecule has 1 aliphatic rings. The van der Waals surface area contributed by atoms with E-state index < -0.39 is 4.92 Å². The fourth-order valence-electron chi connectivity index (χ4n) is 5.47. The zero-order chi connectivity index (χ0) is 29.9. The Bertz CT molecular complexity index is 1710. The van der Waals surface area contributed by atoms with Crippen molar-refractivity contribution in [3.63, 3.8) is 0 Å². The van der Waals surface area contributed by atoms with Crippen molar-refractivity contribution < 1.29 is 9.72 Å². The van der Waals surface area contributed by atoms with Gasteiger partial charge < -0.3 is 4.90 Å². The Morgan fingerprint density at radius 1 is 0.767 bits per heavy atom. The van der Waals surface area contributed by atoms with Crippen molar-refractivity contribution >= 4 is 34.8 Å². The maximum absolute atomic E-state index is 14.0. The Labute approximate surface area is 258 Å². The average Bonchev–Trinajstić information content (AvgIpc) is 3.49. The van der Waals surface area contributed by atoms with E-state index in [1.54, 1.807) is 41.1 Å². The number of nitro groups is 1. The Morgan fingerprint density at radius 3 is 1.93 bits per heavy atom. The number of carbonyl (C=O) groups is 1. The number of rotatable bonds is 7. The molecule has 0 aliphatic carbocycles. The van der Waals surface area contributed by atoms with Gasteiger partial charge in [-0.3, -0.25) is 19.8 Å². The molecule has 0 bridgehead atoms. The van der Waals surface area contributed by atoms with Crippen LogP contribution in [0, 0.1) is 10.1 Å². The largest absolute Gasteiger partial charge is 0.335 e. The van der Waals surface area contributed by atoms with Gasteiger partial charge in [0.05, 0.1) is 32.4 Å². The summed E-state index contributed by atoms with van der Waals surface area (Å²) in [4.78, 5) is 29.0. The van der Waals surface area contributed by atoms with Gasteiger partial charge >= 0.3 is 0 Å². The summed E-state index contributed by atoms with van der Waals surface area (Å²) in [5.74, 6) is -0.164. The van der Waals surface area contributed by atoms with Crippen molar-refractivity contribution in [2.24, 2.45) is 0 Å². The number of nitro benzene ring substituents is 1. The van der Waals surface area contributed by atoms with Crippen molar-refractivity contribution in [1.82, 2.24) is 19.6 Å². The summed E-state index contributed by atoms with van der Waals surface area (Å²) in [7, 11) is 0. The van der Waals surface area contributed by atoms with Crippen LogP contribution in [0.4, 0.5) is 5.69 Å². The molecule has 1 amide bonds. The van der Waals surface area contributed by atoms with Crippen LogP contribution in [0.25, 0.3) is 16.9 Å². The monoisotopic (exact) mass is 611 g/mol. The van der Waals surface area contributed by atoms with Crippen LogP contribution in [0.5, 0.6) is 0 Å². The fraction of sp³-hybridized carbons (Fsp3) is 0.152. The van der Waals surface area contributed by atoms with Gasteiger partial charge in [0.2, 0.25) is 0 Å². The van der Waals surface area contributed by atoms with Crippen molar-refractivity contribution in [1.29, 1.82) is 0 Å². The van der Waals surface area contributed by atoms with Crippen LogP contribution < -0.4 is 0 Å². The van der Waals surface area contributed by atoms with Crippen molar-refractivity contribution in [2.75, 3.05) is 26.2 Å². The molecule has 5 aromatic rings. The van der Waals surface area contributed by atoms with E-state index in [1.807, 2.05) is 17.0 Å². The standard InChI is InChI=1S/C33H27Cl2N5O3/c34-28-16-15-27(21-29(28)35)39-31(22-30(36-39)23-11-13-26(14-12-23)40(42)43)33(41)38-19-17-37(18-20-38)32(24-7-3-1-4-8-24)25-9-5-2-6-10-25/h1-16,21-22,32H,17-20H2. The summed E-state index contributed by atoms with van der Waals surface area (Å²) in [6.07, 6.45) is 0. The number of piperazine rings is 1. The molecule has 0 spiro atoms. The van der Waals surface area contributed by atoms with E-state index in [0.717, 1.165) is 0 Å². The van der Waals surface area contributed by atoms with Crippen molar-refractivity contribution in [3.05, 3.63) is 146 Å². The van der Waals surface area contributed by atoms with Gasteiger partial charge in [-0.2, -0.15) is 5.10 Å². The van der Waals surface area contributed by atoms with Crippen LogP contribution in [0.15, 0.2) is 109 Å². The zero-order valence-electron chi connectivity index (χ0n) is 23.0. The van der Waals surface area contributed by atoms with Gasteiger partial charge in [-0.1, -0.05) is 83.9 Å². The first kappa shape index (κ1) is 28.6. The van der Waals surface area contributed by atoms with Gasteiger partial charge in [0.25, 0.3) is 11.6 Å². The molecule has 0 radical (unpaired) electrons. The molecule has 10 heteroatoms. The predicted molar refractivity (Wildman–Crippen MR) is 168 cm³/mol. The first-order valence-corrected chi connectivity index (χ1v) is 14.6. The highest BCUT2D eigenvalue weighted by molar-refractivity contribution is 6.42. The minimum Gasteiger partial charge on any atom is -0.335 e. The summed E-state index contributed by atoms with van der Waals surface area (Å²) in [5, 5.41) is 16.6. The first-order chi connectivity index (χ1) is 20.9. The molecular formula is C33H27Cl2N5O3. The first-order valence-electron chi connectivity index (χ1n) is 13.8. The lowest BCUT2D eigenvalue weighted by atomic mass is 9.96. The summed E-state index contributed by atoms with van der Waals surface area (Å²) in [6, 6.07) is 33.8. The van der Waals surface area contributed by atoms with E-state index in [1.165, 1.54) is 23.3 Å². The normalized spacial score (nSPS) is 13.8. The van der Waals surface area contributed by atoms with Gasteiger partial charge in [-0.25, -0.2) is 4.68 Å². The Kier molecular flexibility index (Phi) is 8.24. The number of hydrogen-bond donors (Lipinski definition) is 0. The third-order valence-electron chi connectivity index (χ3n) is 7.65. The highest BCUT2D eigenvalue weighted by Crippen LogP contribution is 2.31. The second-order valence-corrected chi connectivity index (χ2v) is 11.1. The van der Waals surface area contributed by atoms with E-state index in [4.69, 9.17) is 28.3 Å². The van der Waals surface area contributed by atoms with Crippen LogP contribution in [0.3, 0.4) is 0 Å². The summed E-state index contributed by atoms with van der Waals surface area (Å²) in [6.45, 7) is 2.45. The Morgan fingerprint density at radius 2 is 1.37 bits per heavy atom. The zero-order valence-corrected chi connectivity index (χ0v) is 24.5. The molecule has 1 aromatic heterocycles. The molecule has 1 saturated heterocycles. The number of non-ortho nitro benzene ring substituents is 1. The van der Waals surface area contributed by atoms with Crippen LogP contribution in [0.1, 0.15) is 27.7 Å². The molecule has 0 N–H and O–H groups in total. The SMILES string of the molecule is O=C(c1cc(-c2ccc([N+](=O)[O-])cc2)nn1-c1ccc(Cl)c(Cl)c1)N1CCN(C(c2ccccc2)c2ccccc2)CC1. The topological polar surface area (TPSA) is 84.5 Å². The van der Waals surface area contributed by atoms with Crippen molar-refractivity contribution in [3.8, 4) is 16.9 Å². The molecule has 2 heterocycles. The molecular weight excluding hydrogens is 585 g/mol. The number of aromatic nitrogens is 2. The molecule has 216 valence electrons. The Hall–Kier alpha value is -4.50. The number of benzene rings is 4. The smallest absolute Gasteiger partial charge is 0.272 e. The molecule has 0 saturated carbocycles. The maximum atomic E-state index is 14.0. The van der Waals surface area contributed by atoms with Gasteiger partial charge in [-0.05, 0) is 47.5 Å². The highest BCUT2D eigenvalue weighted by Gasteiger charge is 2.30. The summed E-state index contributed by atoms with van der Waals surface area (Å²) in [5.41, 5.74) is 4.50. The summed E-state index contributed by atoms with van der Waals surface area (Å²) < 4.78 is 1.56. The minimum absolute atomic E-state index is 0.0221. The number of carbonyl (C=O) groups excluding carboxylic acids is 1. The number of amides is 1. The highest BCUT2D eigenvalue weighted by atomic mass is 35.5. The maximum Gasteiger partial charge on any atom is 0.272 e. The van der Waals surface area contributed by atoms with Crippen LogP contribution in [0.2, 0.25) is 10.0 Å². The number of halogens is 2. The van der Waals surface area contributed by atoms with E-state index >= 15 is 0 Å². The molecule has 8 nitrogen and oxygen atoms in total. The molecule has 1 fully saturated rings. The van der Waals surface area contributed by atoms with E-state index in [-0.39, 0.29) is 17.6 Å². The molecule has 0 unspecified atom stereocenters. The second kappa shape index (κ2) is 12.4. The fourth-order valence-corrected chi connectivity index (χ4v) is 5.76. The van der Waals surface area contributed by atoms with Gasteiger partial charge in [0.1, 0.15) is 5.69 Å². The number of hydrogen-bond acceptors (Lipinski definition) is 5. The predicted octanol–water partition coefficient (Wildman–Crippen LogP) is 7.30. The minimum atomic E-state index is -0.452. The molecule has 43 heavy (non-hydrogen) atoms. The van der Waals surface area contributed by atoms with Crippen LogP contribution >= 0.6 is 23.2 Å². The van der Waals surface area contributed by atoms with Crippen LogP contribution in [-0.4, -0.2) is 56.6 Å². The van der Waals surface area contributed by atoms with Gasteiger partial charge in [0.15, 0.2) is 0 Å². The van der Waals surface area contributed by atoms with Gasteiger partial charge in [-0.15, -0.1) is 0 Å². The molecule has 0 atom stereocenters.